The molecule has 0 aliphatic carbocycles. The van der Waals surface area contributed by atoms with Gasteiger partial charge in [0.15, 0.2) is 5.60 Å². The first-order valence-corrected chi connectivity index (χ1v) is 3.57. The van der Waals surface area contributed by atoms with Crippen LogP contribution in [0.25, 0.3) is 0 Å². The fraction of sp³-hybridized carbons (Fsp3) is 0.714. The number of ether oxygens (including phenoxy) is 1. The monoisotopic (exact) mass is 178 g/mol. The lowest BCUT2D eigenvalue weighted by Crippen LogP contribution is -2.57. The van der Waals surface area contributed by atoms with Crippen LogP contribution in [0.5, 0.6) is 0 Å². The average molecular weight is 178 g/mol. The number of aliphatic hydroxyl groups excluding tert-OH is 1. The van der Waals surface area contributed by atoms with E-state index in [4.69, 9.17) is 9.84 Å². The van der Waals surface area contributed by atoms with Crippen molar-refractivity contribution in [1.29, 1.82) is 0 Å². The van der Waals surface area contributed by atoms with Gasteiger partial charge in [-0.1, -0.05) is 12.2 Å². The molecule has 12 heavy (non-hydrogen) atoms. The number of rotatable bonds is 1. The van der Waals surface area contributed by atoms with Crippen LogP contribution in [0.2, 0.25) is 0 Å². The summed E-state index contributed by atoms with van der Waals surface area (Å²) in [5.74, 6) is -3.39. The van der Waals surface area contributed by atoms with Crippen molar-refractivity contribution in [3.8, 4) is 0 Å². The van der Waals surface area contributed by atoms with Crippen LogP contribution in [0.3, 0.4) is 0 Å². The lowest BCUT2D eigenvalue weighted by atomic mass is 9.86. The Bertz CT molecular complexity index is 241. The SMILES string of the molecule is OCC1(O)C2C=CC(O2)C1(F)F. The molecule has 3 atom stereocenters. The van der Waals surface area contributed by atoms with Gasteiger partial charge in [-0.3, -0.25) is 0 Å². The highest BCUT2D eigenvalue weighted by Gasteiger charge is 2.69. The maximum absolute atomic E-state index is 13.1. The maximum atomic E-state index is 13.1. The van der Waals surface area contributed by atoms with Crippen molar-refractivity contribution in [3.05, 3.63) is 12.2 Å². The van der Waals surface area contributed by atoms with Gasteiger partial charge in [0.2, 0.25) is 0 Å². The van der Waals surface area contributed by atoms with Crippen LogP contribution in [0.1, 0.15) is 0 Å². The van der Waals surface area contributed by atoms with E-state index in [1.807, 2.05) is 0 Å². The minimum absolute atomic E-state index is 0.995. The highest BCUT2D eigenvalue weighted by Crippen LogP contribution is 2.48. The number of halogens is 2. The number of fused-ring (bicyclic) bond motifs is 2. The molecule has 1 fully saturated rings. The molecule has 2 aliphatic heterocycles. The molecule has 5 heteroatoms. The summed E-state index contributed by atoms with van der Waals surface area (Å²) in [7, 11) is 0. The lowest BCUT2D eigenvalue weighted by molar-refractivity contribution is -0.183. The fourth-order valence-corrected chi connectivity index (χ4v) is 1.56. The van der Waals surface area contributed by atoms with Crippen molar-refractivity contribution in [2.45, 2.75) is 23.7 Å². The van der Waals surface area contributed by atoms with Gasteiger partial charge >= 0.3 is 5.92 Å². The quantitative estimate of drug-likeness (QED) is 0.541. The van der Waals surface area contributed by atoms with E-state index < -0.39 is 30.3 Å². The van der Waals surface area contributed by atoms with Crippen molar-refractivity contribution < 1.29 is 23.7 Å². The van der Waals surface area contributed by atoms with Gasteiger partial charge in [0.1, 0.15) is 12.2 Å². The summed E-state index contributed by atoms with van der Waals surface area (Å²) in [6.45, 7) is -0.995. The van der Waals surface area contributed by atoms with E-state index in [0.717, 1.165) is 0 Å². The Hall–Kier alpha value is -0.520. The Balaban J connectivity index is 2.42. The molecule has 2 heterocycles. The Morgan fingerprint density at radius 1 is 1.33 bits per heavy atom. The molecule has 2 N–H and O–H groups in total. The van der Waals surface area contributed by atoms with Gasteiger partial charge in [-0.25, -0.2) is 0 Å². The van der Waals surface area contributed by atoms with E-state index in [1.165, 1.54) is 12.2 Å². The Kier molecular flexibility index (Phi) is 1.38. The van der Waals surface area contributed by atoms with E-state index in [2.05, 4.69) is 0 Å². The van der Waals surface area contributed by atoms with E-state index in [1.54, 1.807) is 0 Å². The van der Waals surface area contributed by atoms with Gasteiger partial charge in [-0.2, -0.15) is 8.78 Å². The highest BCUT2D eigenvalue weighted by atomic mass is 19.3. The molecule has 1 saturated heterocycles. The molecule has 2 bridgehead atoms. The third-order valence-electron chi connectivity index (χ3n) is 2.40. The normalized spacial score (nSPS) is 48.7. The first-order chi connectivity index (χ1) is 5.52. The van der Waals surface area contributed by atoms with Crippen LogP contribution in [-0.2, 0) is 4.74 Å². The summed E-state index contributed by atoms with van der Waals surface area (Å²) in [6, 6.07) is 0. The van der Waals surface area contributed by atoms with Crippen LogP contribution in [0, 0.1) is 0 Å². The summed E-state index contributed by atoms with van der Waals surface area (Å²) >= 11 is 0. The Labute approximate surface area is 67.3 Å². The van der Waals surface area contributed by atoms with Crippen LogP contribution in [-0.4, -0.2) is 40.6 Å². The molecule has 2 rings (SSSR count). The Morgan fingerprint density at radius 3 is 2.25 bits per heavy atom. The summed E-state index contributed by atoms with van der Waals surface area (Å²) in [5, 5.41) is 18.0. The maximum Gasteiger partial charge on any atom is 0.310 e. The predicted molar refractivity (Wildman–Crippen MR) is 34.8 cm³/mol. The first kappa shape index (κ1) is 8.10. The molecule has 0 spiro atoms. The second-order valence-electron chi connectivity index (χ2n) is 3.07. The van der Waals surface area contributed by atoms with Crippen LogP contribution >= 0.6 is 0 Å². The van der Waals surface area contributed by atoms with Gasteiger partial charge in [-0.05, 0) is 0 Å². The number of aliphatic hydroxyl groups is 2. The number of hydrogen-bond acceptors (Lipinski definition) is 3. The van der Waals surface area contributed by atoms with Crippen LogP contribution < -0.4 is 0 Å². The third kappa shape index (κ3) is 0.646. The van der Waals surface area contributed by atoms with Gasteiger partial charge in [-0.15, -0.1) is 0 Å². The van der Waals surface area contributed by atoms with Crippen molar-refractivity contribution in [2.75, 3.05) is 6.61 Å². The Morgan fingerprint density at radius 2 is 1.92 bits per heavy atom. The second kappa shape index (κ2) is 2.04. The lowest BCUT2D eigenvalue weighted by Gasteiger charge is -2.31. The zero-order valence-corrected chi connectivity index (χ0v) is 6.08. The molecule has 0 saturated carbocycles. The summed E-state index contributed by atoms with van der Waals surface area (Å²) in [4.78, 5) is 0. The molecular formula is C7H8F2O3. The van der Waals surface area contributed by atoms with Gasteiger partial charge in [0.05, 0.1) is 6.61 Å². The van der Waals surface area contributed by atoms with E-state index in [9.17, 15) is 13.9 Å². The number of hydrogen-bond donors (Lipinski definition) is 2. The van der Waals surface area contributed by atoms with E-state index >= 15 is 0 Å². The van der Waals surface area contributed by atoms with Crippen molar-refractivity contribution in [1.82, 2.24) is 0 Å². The van der Waals surface area contributed by atoms with Gasteiger partial charge in [0, 0.05) is 0 Å². The molecule has 0 aromatic rings. The van der Waals surface area contributed by atoms with Gasteiger partial charge in [0.25, 0.3) is 0 Å². The predicted octanol–water partition coefficient (Wildman–Crippen LogP) is -0.318. The largest absolute Gasteiger partial charge is 0.393 e. The first-order valence-electron chi connectivity index (χ1n) is 3.57. The molecule has 0 aromatic heterocycles. The molecular weight excluding hydrogens is 170 g/mol. The molecule has 0 radical (unpaired) electrons. The zero-order chi connectivity index (χ0) is 8.98. The average Bonchev–Trinajstić information content (AvgIpc) is 2.55. The third-order valence-corrected chi connectivity index (χ3v) is 2.40. The molecule has 0 aromatic carbocycles. The van der Waals surface area contributed by atoms with E-state index in [-0.39, 0.29) is 0 Å². The smallest absolute Gasteiger partial charge is 0.310 e. The topological polar surface area (TPSA) is 49.7 Å². The molecule has 68 valence electrons. The van der Waals surface area contributed by atoms with Crippen LogP contribution in [0.4, 0.5) is 8.78 Å². The van der Waals surface area contributed by atoms with Crippen molar-refractivity contribution in [2.24, 2.45) is 0 Å². The minimum Gasteiger partial charge on any atom is -0.393 e. The minimum atomic E-state index is -3.39. The van der Waals surface area contributed by atoms with E-state index in [0.29, 0.717) is 0 Å². The molecule has 3 nitrogen and oxygen atoms in total. The summed E-state index contributed by atoms with van der Waals surface area (Å²) in [5.41, 5.74) is -2.44. The highest BCUT2D eigenvalue weighted by molar-refractivity contribution is 5.25. The standard InChI is InChI=1S/C7H8F2O3/c8-7(9)5-2-1-4(12-5)6(7,11)3-10/h1-2,4-5,10-11H,3H2. The van der Waals surface area contributed by atoms with Crippen LogP contribution in [0.15, 0.2) is 12.2 Å². The fourth-order valence-electron chi connectivity index (χ4n) is 1.56. The number of alkyl halides is 2. The van der Waals surface area contributed by atoms with Crippen molar-refractivity contribution >= 4 is 0 Å². The molecule has 0 amide bonds. The van der Waals surface area contributed by atoms with Gasteiger partial charge < -0.3 is 14.9 Å². The summed E-state index contributed by atoms with van der Waals surface area (Å²) < 4.78 is 30.9. The second-order valence-corrected chi connectivity index (χ2v) is 3.07. The zero-order valence-electron chi connectivity index (χ0n) is 6.08. The van der Waals surface area contributed by atoms with Crippen molar-refractivity contribution in [3.63, 3.8) is 0 Å². The molecule has 2 aliphatic rings. The summed E-state index contributed by atoms with van der Waals surface area (Å²) in [6.07, 6.45) is 0.0785. The molecule has 3 unspecified atom stereocenters.